The summed E-state index contributed by atoms with van der Waals surface area (Å²) >= 11 is 0. The molecule has 4 heteroatoms. The Morgan fingerprint density at radius 2 is 2.11 bits per heavy atom. The average Bonchev–Trinajstić information content (AvgIpc) is 2.52. The minimum atomic E-state index is -0.0150. The maximum absolute atomic E-state index is 11.9. The molecule has 1 aromatic heterocycles. The number of fused-ring (bicyclic) bond motifs is 3. The zero-order valence-corrected chi connectivity index (χ0v) is 10.9. The number of carbonyl (C=O) groups excluding carboxylic acids is 1. The van der Waals surface area contributed by atoms with Crippen LogP contribution in [0.2, 0.25) is 0 Å². The minimum Gasteiger partial charge on any atom is -0.480 e. The highest BCUT2D eigenvalue weighted by Crippen LogP contribution is 2.39. The second-order valence-electron chi connectivity index (χ2n) is 4.58. The third kappa shape index (κ3) is 1.95. The van der Waals surface area contributed by atoms with Crippen molar-refractivity contribution in [1.29, 1.82) is 0 Å². The summed E-state index contributed by atoms with van der Waals surface area (Å²) in [5, 5.41) is 2.93. The maximum atomic E-state index is 11.9. The van der Waals surface area contributed by atoms with Crippen molar-refractivity contribution in [3.63, 3.8) is 0 Å². The number of aryl methyl sites for hydroxylation is 1. The number of anilines is 1. The molecule has 1 amide bonds. The van der Waals surface area contributed by atoms with Crippen LogP contribution in [0.4, 0.5) is 5.69 Å². The van der Waals surface area contributed by atoms with E-state index in [1.165, 1.54) is 0 Å². The van der Waals surface area contributed by atoms with E-state index < -0.39 is 0 Å². The number of hydrogen-bond acceptors (Lipinski definition) is 3. The predicted octanol–water partition coefficient (Wildman–Crippen LogP) is 2.56. The first kappa shape index (κ1) is 11.7. The summed E-state index contributed by atoms with van der Waals surface area (Å²) < 4.78 is 5.38. The number of nitrogens with zero attached hydrogens (tertiary/aromatic N) is 1. The van der Waals surface area contributed by atoms with E-state index >= 15 is 0 Å². The third-order valence-electron chi connectivity index (χ3n) is 3.22. The first-order valence-corrected chi connectivity index (χ1v) is 6.13. The first-order valence-electron chi connectivity index (χ1n) is 6.13. The summed E-state index contributed by atoms with van der Waals surface area (Å²) in [4.78, 5) is 16.3. The molecule has 1 aliphatic rings. The Morgan fingerprint density at radius 3 is 2.89 bits per heavy atom. The molecule has 4 nitrogen and oxygen atoms in total. The number of benzene rings is 1. The highest BCUT2D eigenvalue weighted by atomic mass is 16.5. The summed E-state index contributed by atoms with van der Waals surface area (Å²) in [5.41, 5.74) is 4.42. The lowest BCUT2D eigenvalue weighted by atomic mass is 9.98. The fourth-order valence-electron chi connectivity index (χ4n) is 2.44. The van der Waals surface area contributed by atoms with Gasteiger partial charge in [-0.15, -0.1) is 0 Å². The Bertz CT molecular complexity index is 665. The molecule has 0 bridgehead atoms. The molecule has 0 aliphatic carbocycles. The summed E-state index contributed by atoms with van der Waals surface area (Å²) in [6.45, 7) is 1.88. The van der Waals surface area contributed by atoms with E-state index in [4.69, 9.17) is 4.74 Å². The Labute approximate surface area is 111 Å². The molecule has 1 aromatic carbocycles. The van der Waals surface area contributed by atoms with Gasteiger partial charge in [-0.05, 0) is 24.1 Å². The van der Waals surface area contributed by atoms with Gasteiger partial charge in [0.25, 0.3) is 0 Å². The van der Waals surface area contributed by atoms with Gasteiger partial charge in [0.1, 0.15) is 0 Å². The SMILES string of the molecule is COc1nc(C)cc2c1-c1ccccc1CC(=O)N2. The number of amides is 1. The van der Waals surface area contributed by atoms with Crippen molar-refractivity contribution >= 4 is 11.6 Å². The lowest BCUT2D eigenvalue weighted by Gasteiger charge is -2.13. The van der Waals surface area contributed by atoms with Crippen LogP contribution in [0.3, 0.4) is 0 Å². The van der Waals surface area contributed by atoms with Gasteiger partial charge in [0.2, 0.25) is 11.8 Å². The van der Waals surface area contributed by atoms with Crippen LogP contribution >= 0.6 is 0 Å². The van der Waals surface area contributed by atoms with Crippen LogP contribution in [-0.4, -0.2) is 18.0 Å². The molecule has 0 spiro atoms. The molecule has 0 fully saturated rings. The number of aromatic nitrogens is 1. The van der Waals surface area contributed by atoms with E-state index in [-0.39, 0.29) is 5.91 Å². The number of rotatable bonds is 1. The summed E-state index contributed by atoms with van der Waals surface area (Å²) in [5.74, 6) is 0.531. The van der Waals surface area contributed by atoms with Gasteiger partial charge < -0.3 is 10.1 Å². The number of nitrogens with one attached hydrogen (secondary N) is 1. The van der Waals surface area contributed by atoms with E-state index in [1.54, 1.807) is 7.11 Å². The Balaban J connectivity index is 2.35. The van der Waals surface area contributed by atoms with Crippen LogP contribution in [0.5, 0.6) is 5.88 Å². The molecule has 19 heavy (non-hydrogen) atoms. The summed E-state index contributed by atoms with van der Waals surface area (Å²) in [6.07, 6.45) is 0.368. The van der Waals surface area contributed by atoms with Gasteiger partial charge in [0, 0.05) is 5.69 Å². The summed E-state index contributed by atoms with van der Waals surface area (Å²) in [6, 6.07) is 9.72. The number of methoxy groups -OCH3 is 1. The molecule has 2 heterocycles. The van der Waals surface area contributed by atoms with Gasteiger partial charge in [-0.2, -0.15) is 0 Å². The second kappa shape index (κ2) is 4.39. The molecular weight excluding hydrogens is 240 g/mol. The summed E-state index contributed by atoms with van der Waals surface area (Å²) in [7, 11) is 1.59. The molecule has 0 unspecified atom stereocenters. The normalized spacial score (nSPS) is 13.1. The van der Waals surface area contributed by atoms with Crippen molar-refractivity contribution in [3.8, 4) is 17.0 Å². The van der Waals surface area contributed by atoms with Crippen LogP contribution in [0, 0.1) is 6.92 Å². The second-order valence-corrected chi connectivity index (χ2v) is 4.58. The monoisotopic (exact) mass is 254 g/mol. The van der Waals surface area contributed by atoms with Crippen molar-refractivity contribution in [1.82, 2.24) is 4.98 Å². The van der Waals surface area contributed by atoms with Gasteiger partial charge >= 0.3 is 0 Å². The van der Waals surface area contributed by atoms with E-state index in [2.05, 4.69) is 10.3 Å². The van der Waals surface area contributed by atoms with Gasteiger partial charge in [-0.25, -0.2) is 4.98 Å². The highest BCUT2D eigenvalue weighted by Gasteiger charge is 2.22. The molecule has 2 aromatic rings. The van der Waals surface area contributed by atoms with Crippen LogP contribution in [-0.2, 0) is 11.2 Å². The lowest BCUT2D eigenvalue weighted by Crippen LogP contribution is -2.12. The van der Waals surface area contributed by atoms with Crippen LogP contribution in [0.1, 0.15) is 11.3 Å². The smallest absolute Gasteiger partial charge is 0.228 e. The van der Waals surface area contributed by atoms with Crippen LogP contribution < -0.4 is 10.1 Å². The number of ether oxygens (including phenoxy) is 1. The molecular formula is C15H14N2O2. The number of carbonyl (C=O) groups is 1. The number of hydrogen-bond donors (Lipinski definition) is 1. The highest BCUT2D eigenvalue weighted by molar-refractivity contribution is 6.01. The fraction of sp³-hybridized carbons (Fsp3) is 0.200. The van der Waals surface area contributed by atoms with Crippen molar-refractivity contribution in [3.05, 3.63) is 41.6 Å². The van der Waals surface area contributed by atoms with E-state index in [1.807, 2.05) is 37.3 Å². The largest absolute Gasteiger partial charge is 0.480 e. The van der Waals surface area contributed by atoms with Crippen LogP contribution in [0.15, 0.2) is 30.3 Å². The maximum Gasteiger partial charge on any atom is 0.228 e. The lowest BCUT2D eigenvalue weighted by molar-refractivity contribution is -0.115. The zero-order valence-electron chi connectivity index (χ0n) is 10.9. The van der Waals surface area contributed by atoms with Crippen molar-refractivity contribution in [2.75, 3.05) is 12.4 Å². The first-order chi connectivity index (χ1) is 9.19. The van der Waals surface area contributed by atoms with Gasteiger partial charge in [0.15, 0.2) is 0 Å². The number of pyridine rings is 1. The Morgan fingerprint density at radius 1 is 1.32 bits per heavy atom. The quantitative estimate of drug-likeness (QED) is 0.851. The fourth-order valence-corrected chi connectivity index (χ4v) is 2.44. The zero-order chi connectivity index (χ0) is 13.4. The molecule has 0 atom stereocenters. The minimum absolute atomic E-state index is 0.0150. The average molecular weight is 254 g/mol. The molecule has 0 saturated heterocycles. The molecule has 3 rings (SSSR count). The Kier molecular flexibility index (Phi) is 2.71. The molecule has 0 radical (unpaired) electrons. The molecule has 0 saturated carbocycles. The molecule has 96 valence electrons. The standard InChI is InChI=1S/C15H14N2O2/c1-9-7-12-14(15(16-9)19-2)11-6-4-3-5-10(11)8-13(18)17-12/h3-7H,8H2,1-2H3,(H,17,18). The van der Waals surface area contributed by atoms with Crippen molar-refractivity contribution in [2.45, 2.75) is 13.3 Å². The van der Waals surface area contributed by atoms with Gasteiger partial charge in [0.05, 0.1) is 24.8 Å². The van der Waals surface area contributed by atoms with Gasteiger partial charge in [-0.3, -0.25) is 4.79 Å². The Hall–Kier alpha value is -2.36. The topological polar surface area (TPSA) is 51.2 Å². The third-order valence-corrected chi connectivity index (χ3v) is 3.22. The van der Waals surface area contributed by atoms with Crippen molar-refractivity contribution in [2.24, 2.45) is 0 Å². The van der Waals surface area contributed by atoms with E-state index in [9.17, 15) is 4.79 Å². The van der Waals surface area contributed by atoms with E-state index in [0.717, 1.165) is 28.1 Å². The van der Waals surface area contributed by atoms with Crippen LogP contribution in [0.25, 0.3) is 11.1 Å². The van der Waals surface area contributed by atoms with E-state index in [0.29, 0.717) is 12.3 Å². The molecule has 1 aliphatic heterocycles. The molecule has 1 N–H and O–H groups in total. The van der Waals surface area contributed by atoms with Gasteiger partial charge in [-0.1, -0.05) is 24.3 Å². The predicted molar refractivity (Wildman–Crippen MR) is 73.3 cm³/mol. The van der Waals surface area contributed by atoms with Crippen molar-refractivity contribution < 1.29 is 9.53 Å².